The molecule has 136 valence electrons. The average Bonchev–Trinajstić information content (AvgIpc) is 2.55. The van der Waals surface area contributed by atoms with Crippen LogP contribution in [-0.2, 0) is 9.53 Å². The highest BCUT2D eigenvalue weighted by Crippen LogP contribution is 2.36. The van der Waals surface area contributed by atoms with Gasteiger partial charge in [0.2, 0.25) is 5.91 Å². The number of hydrogen-bond acceptors (Lipinski definition) is 4. The number of phenols is 1. The summed E-state index contributed by atoms with van der Waals surface area (Å²) in [5.74, 6) is -1.71. The van der Waals surface area contributed by atoms with E-state index in [2.05, 4.69) is 11.9 Å². The van der Waals surface area contributed by atoms with Gasteiger partial charge in [0, 0.05) is 12.2 Å². The number of phenolic OH excluding ortho intramolecular Hbond substituents is 1. The van der Waals surface area contributed by atoms with Gasteiger partial charge in [-0.15, -0.1) is 0 Å². The maximum absolute atomic E-state index is 13.1. The molecule has 1 unspecified atom stereocenters. The number of alkyl halides is 3. The Morgan fingerprint density at radius 2 is 2.12 bits per heavy atom. The number of morpholine rings is 1. The molecule has 1 atom stereocenters. The number of hydrogen-bond donors (Lipinski definition) is 2. The van der Waals surface area contributed by atoms with E-state index in [0.717, 1.165) is 17.9 Å². The molecule has 0 aliphatic carbocycles. The topological polar surface area (TPSA) is 78.9 Å². The second kappa shape index (κ2) is 6.75. The number of anilines is 1. The third-order valence-corrected chi connectivity index (χ3v) is 3.84. The zero-order valence-electron chi connectivity index (χ0n) is 13.4. The van der Waals surface area contributed by atoms with Crippen molar-refractivity contribution in [2.45, 2.75) is 18.7 Å². The lowest BCUT2D eigenvalue weighted by Gasteiger charge is -2.41. The summed E-state index contributed by atoms with van der Waals surface area (Å²) < 4.78 is 44.2. The Morgan fingerprint density at radius 1 is 1.44 bits per heavy atom. The molecule has 1 saturated heterocycles. The number of carbonyl (C=O) groups is 2. The third-order valence-electron chi connectivity index (χ3n) is 3.84. The van der Waals surface area contributed by atoms with Crippen molar-refractivity contribution in [2.75, 3.05) is 25.0 Å². The third kappa shape index (κ3) is 3.93. The number of rotatable bonds is 3. The SMILES string of the molecule is C=CC(=O)Nc1ccc(O)c(C(=O)N2CCOC(C)(C(F)(F)F)C2)c1. The molecule has 9 heteroatoms. The summed E-state index contributed by atoms with van der Waals surface area (Å²) in [5, 5.41) is 12.3. The molecule has 1 aromatic carbocycles. The minimum atomic E-state index is -4.65. The van der Waals surface area contributed by atoms with E-state index in [1.54, 1.807) is 0 Å². The lowest BCUT2D eigenvalue weighted by molar-refractivity contribution is -0.285. The van der Waals surface area contributed by atoms with E-state index in [1.807, 2.05) is 0 Å². The molecular formula is C16H17F3N2O4. The first-order chi connectivity index (χ1) is 11.6. The quantitative estimate of drug-likeness (QED) is 0.642. The number of benzene rings is 1. The Bertz CT molecular complexity index is 705. The van der Waals surface area contributed by atoms with Gasteiger partial charge in [-0.25, -0.2) is 0 Å². The Morgan fingerprint density at radius 3 is 2.72 bits per heavy atom. The van der Waals surface area contributed by atoms with Gasteiger partial charge in [0.05, 0.1) is 18.7 Å². The maximum Gasteiger partial charge on any atom is 0.418 e. The van der Waals surface area contributed by atoms with Crippen LogP contribution in [0.5, 0.6) is 5.75 Å². The van der Waals surface area contributed by atoms with Crippen molar-refractivity contribution in [1.29, 1.82) is 0 Å². The molecular weight excluding hydrogens is 341 g/mol. The molecule has 6 nitrogen and oxygen atoms in total. The van der Waals surface area contributed by atoms with Gasteiger partial charge in [-0.05, 0) is 31.2 Å². The van der Waals surface area contributed by atoms with Crippen molar-refractivity contribution >= 4 is 17.5 Å². The smallest absolute Gasteiger partial charge is 0.418 e. The standard InChI is InChI=1S/C16H17F3N2O4/c1-3-13(23)20-10-4-5-12(22)11(8-10)14(24)21-6-7-25-15(2,9-21)16(17,18)19/h3-5,8,22H,1,6-7,9H2,2H3,(H,20,23). The van der Waals surface area contributed by atoms with Crippen LogP contribution in [0.4, 0.5) is 18.9 Å². The largest absolute Gasteiger partial charge is 0.507 e. The minimum absolute atomic E-state index is 0.0484. The minimum Gasteiger partial charge on any atom is -0.507 e. The highest BCUT2D eigenvalue weighted by molar-refractivity contribution is 6.02. The molecule has 1 fully saturated rings. The Labute approximate surface area is 141 Å². The number of aromatic hydroxyl groups is 1. The second-order valence-corrected chi connectivity index (χ2v) is 5.73. The molecule has 1 heterocycles. The van der Waals surface area contributed by atoms with Crippen molar-refractivity contribution in [1.82, 2.24) is 4.90 Å². The van der Waals surface area contributed by atoms with Gasteiger partial charge in [-0.1, -0.05) is 6.58 Å². The first kappa shape index (κ1) is 18.8. The van der Waals surface area contributed by atoms with Crippen LogP contribution in [-0.4, -0.2) is 53.3 Å². The van der Waals surface area contributed by atoms with E-state index in [-0.39, 0.29) is 24.4 Å². The van der Waals surface area contributed by atoms with E-state index < -0.39 is 35.9 Å². The Balaban J connectivity index is 2.26. The molecule has 2 rings (SSSR count). The van der Waals surface area contributed by atoms with Crippen LogP contribution in [0.15, 0.2) is 30.9 Å². The fraction of sp³-hybridized carbons (Fsp3) is 0.375. The molecule has 1 aliphatic rings. The highest BCUT2D eigenvalue weighted by Gasteiger charge is 2.55. The number of nitrogens with zero attached hydrogens (tertiary/aromatic N) is 1. The number of carbonyl (C=O) groups excluding carboxylic acids is 2. The van der Waals surface area contributed by atoms with Crippen molar-refractivity contribution in [3.63, 3.8) is 0 Å². The molecule has 0 bridgehead atoms. The van der Waals surface area contributed by atoms with Crippen molar-refractivity contribution in [3.8, 4) is 5.75 Å². The molecule has 25 heavy (non-hydrogen) atoms. The predicted molar refractivity (Wildman–Crippen MR) is 83.2 cm³/mol. The van der Waals surface area contributed by atoms with Crippen LogP contribution in [0.1, 0.15) is 17.3 Å². The molecule has 2 N–H and O–H groups in total. The Kier molecular flexibility index (Phi) is 5.07. The zero-order chi connectivity index (χ0) is 18.8. The Hall–Kier alpha value is -2.55. The van der Waals surface area contributed by atoms with Crippen LogP contribution < -0.4 is 5.32 Å². The fourth-order valence-corrected chi connectivity index (χ4v) is 2.36. The van der Waals surface area contributed by atoms with Gasteiger partial charge in [-0.3, -0.25) is 9.59 Å². The van der Waals surface area contributed by atoms with E-state index >= 15 is 0 Å². The molecule has 1 aromatic rings. The summed E-state index contributed by atoms with van der Waals surface area (Å²) >= 11 is 0. The summed E-state index contributed by atoms with van der Waals surface area (Å²) in [4.78, 5) is 24.8. The van der Waals surface area contributed by atoms with Gasteiger partial charge < -0.3 is 20.1 Å². The number of ether oxygens (including phenoxy) is 1. The van der Waals surface area contributed by atoms with E-state index in [1.165, 1.54) is 18.2 Å². The first-order valence-electron chi connectivity index (χ1n) is 7.34. The van der Waals surface area contributed by atoms with Gasteiger partial charge in [-0.2, -0.15) is 13.2 Å². The highest BCUT2D eigenvalue weighted by atomic mass is 19.4. The number of amides is 2. The summed E-state index contributed by atoms with van der Waals surface area (Å²) in [6, 6.07) is 3.72. The van der Waals surface area contributed by atoms with E-state index in [9.17, 15) is 27.9 Å². The van der Waals surface area contributed by atoms with Crippen LogP contribution in [0, 0.1) is 0 Å². The van der Waals surface area contributed by atoms with E-state index in [0.29, 0.717) is 0 Å². The number of nitrogens with one attached hydrogen (secondary N) is 1. The van der Waals surface area contributed by atoms with Gasteiger partial charge in [0.25, 0.3) is 5.91 Å². The van der Waals surface area contributed by atoms with Gasteiger partial charge in [0.1, 0.15) is 5.75 Å². The maximum atomic E-state index is 13.1. The first-order valence-corrected chi connectivity index (χ1v) is 7.34. The predicted octanol–water partition coefficient (Wildman–Crippen LogP) is 2.31. The monoisotopic (exact) mass is 358 g/mol. The molecule has 2 amide bonds. The number of halogens is 3. The van der Waals surface area contributed by atoms with Crippen molar-refractivity contribution < 1.29 is 32.6 Å². The second-order valence-electron chi connectivity index (χ2n) is 5.73. The molecule has 0 spiro atoms. The fourth-order valence-electron chi connectivity index (χ4n) is 2.36. The molecule has 0 saturated carbocycles. The molecule has 1 aliphatic heterocycles. The average molecular weight is 358 g/mol. The van der Waals surface area contributed by atoms with Crippen molar-refractivity contribution in [3.05, 3.63) is 36.4 Å². The van der Waals surface area contributed by atoms with Gasteiger partial charge >= 0.3 is 6.18 Å². The molecule has 0 aromatic heterocycles. The summed E-state index contributed by atoms with van der Waals surface area (Å²) in [6.07, 6.45) is -3.63. The molecule has 0 radical (unpaired) electrons. The van der Waals surface area contributed by atoms with Crippen molar-refractivity contribution in [2.24, 2.45) is 0 Å². The van der Waals surface area contributed by atoms with Gasteiger partial charge in [0.15, 0.2) is 5.60 Å². The van der Waals surface area contributed by atoms with Crippen LogP contribution in [0.2, 0.25) is 0 Å². The zero-order valence-corrected chi connectivity index (χ0v) is 13.4. The van der Waals surface area contributed by atoms with E-state index in [4.69, 9.17) is 4.74 Å². The van der Waals surface area contributed by atoms with Crippen LogP contribution in [0.3, 0.4) is 0 Å². The summed E-state index contributed by atoms with van der Waals surface area (Å²) in [5.41, 5.74) is -2.49. The van der Waals surface area contributed by atoms with Crippen LogP contribution in [0.25, 0.3) is 0 Å². The normalized spacial score (nSPS) is 20.9. The lowest BCUT2D eigenvalue weighted by Crippen LogP contribution is -2.59. The summed E-state index contributed by atoms with van der Waals surface area (Å²) in [7, 11) is 0. The summed E-state index contributed by atoms with van der Waals surface area (Å²) in [6.45, 7) is 3.13. The van der Waals surface area contributed by atoms with Crippen LogP contribution >= 0.6 is 0 Å². The lowest BCUT2D eigenvalue weighted by atomic mass is 10.0.